The lowest BCUT2D eigenvalue weighted by Crippen LogP contribution is -2.34. The van der Waals surface area contributed by atoms with Crippen LogP contribution < -0.4 is 16.0 Å². The van der Waals surface area contributed by atoms with Crippen LogP contribution in [0.3, 0.4) is 0 Å². The molecule has 164 valence electrons. The predicted molar refractivity (Wildman–Crippen MR) is 125 cm³/mol. The Balaban J connectivity index is 1.46. The normalized spacial score (nSPS) is 10.3. The Labute approximate surface area is 197 Å². The van der Waals surface area contributed by atoms with E-state index < -0.39 is 5.82 Å². The van der Waals surface area contributed by atoms with Crippen LogP contribution in [-0.2, 0) is 0 Å². The minimum absolute atomic E-state index is 0.221. The molecule has 0 heterocycles. The van der Waals surface area contributed by atoms with E-state index in [-0.39, 0.29) is 30.8 Å². The van der Waals surface area contributed by atoms with Gasteiger partial charge in [-0.2, -0.15) is 0 Å². The topological polar surface area (TPSA) is 87.3 Å². The summed E-state index contributed by atoms with van der Waals surface area (Å²) < 4.78 is 13.7. The van der Waals surface area contributed by atoms with Crippen molar-refractivity contribution in [2.45, 2.75) is 0 Å². The van der Waals surface area contributed by atoms with E-state index in [4.69, 9.17) is 11.6 Å². The molecule has 0 aliphatic carbocycles. The predicted octanol–water partition coefficient (Wildman–Crippen LogP) is 4.65. The Morgan fingerprint density at radius 2 is 1.34 bits per heavy atom. The summed E-state index contributed by atoms with van der Waals surface area (Å²) in [5.74, 6) is -1.47. The van der Waals surface area contributed by atoms with Gasteiger partial charge in [0.1, 0.15) is 5.82 Å². The van der Waals surface area contributed by atoms with Gasteiger partial charge in [-0.15, -0.1) is 0 Å². The van der Waals surface area contributed by atoms with Crippen LogP contribution in [0.1, 0.15) is 31.1 Å². The van der Waals surface area contributed by atoms with Crippen LogP contribution in [0.2, 0.25) is 5.02 Å². The third kappa shape index (κ3) is 6.38. The van der Waals surface area contributed by atoms with Gasteiger partial charge < -0.3 is 16.0 Å². The standard InChI is InChI=1S/C23H18BrClFN3O3/c24-16-5-10-20(25)19(13-16)23(32)28-12-11-27-21(30)14-3-8-18(9-4-14)29-22(31)15-1-6-17(26)7-2-15/h1-10,13H,11-12H2,(H,27,30)(H,28,32)(H,29,31). The number of hydrogen-bond donors (Lipinski definition) is 3. The van der Waals surface area contributed by atoms with Crippen LogP contribution in [0.25, 0.3) is 0 Å². The van der Waals surface area contributed by atoms with Gasteiger partial charge in [0.05, 0.1) is 10.6 Å². The molecule has 3 aromatic carbocycles. The number of rotatable bonds is 7. The van der Waals surface area contributed by atoms with Crippen LogP contribution in [0.5, 0.6) is 0 Å². The quantitative estimate of drug-likeness (QED) is 0.398. The third-order valence-electron chi connectivity index (χ3n) is 4.38. The highest BCUT2D eigenvalue weighted by Crippen LogP contribution is 2.20. The van der Waals surface area contributed by atoms with E-state index in [0.717, 1.165) is 4.47 Å². The van der Waals surface area contributed by atoms with E-state index in [1.165, 1.54) is 24.3 Å². The number of carbonyl (C=O) groups is 3. The highest BCUT2D eigenvalue weighted by molar-refractivity contribution is 9.10. The van der Waals surface area contributed by atoms with Gasteiger partial charge in [-0.05, 0) is 66.7 Å². The van der Waals surface area contributed by atoms with Crippen LogP contribution in [-0.4, -0.2) is 30.8 Å². The maximum Gasteiger partial charge on any atom is 0.255 e. The number of carbonyl (C=O) groups excluding carboxylic acids is 3. The highest BCUT2D eigenvalue weighted by Gasteiger charge is 2.11. The van der Waals surface area contributed by atoms with Crippen LogP contribution >= 0.6 is 27.5 Å². The average molecular weight is 519 g/mol. The molecule has 0 atom stereocenters. The molecule has 0 aromatic heterocycles. The lowest BCUT2D eigenvalue weighted by Gasteiger charge is -2.09. The zero-order chi connectivity index (χ0) is 23.1. The minimum atomic E-state index is -0.423. The summed E-state index contributed by atoms with van der Waals surface area (Å²) in [6, 6.07) is 16.5. The molecule has 32 heavy (non-hydrogen) atoms. The fourth-order valence-electron chi connectivity index (χ4n) is 2.73. The summed E-state index contributed by atoms with van der Waals surface area (Å²) in [5, 5.41) is 8.41. The van der Waals surface area contributed by atoms with Gasteiger partial charge in [0.2, 0.25) is 0 Å². The van der Waals surface area contributed by atoms with Gasteiger partial charge in [0.25, 0.3) is 17.7 Å². The second-order valence-electron chi connectivity index (χ2n) is 6.67. The number of amides is 3. The smallest absolute Gasteiger partial charge is 0.255 e. The zero-order valence-electron chi connectivity index (χ0n) is 16.6. The van der Waals surface area contributed by atoms with Crippen molar-refractivity contribution in [1.82, 2.24) is 10.6 Å². The Hall–Kier alpha value is -3.23. The van der Waals surface area contributed by atoms with Crippen molar-refractivity contribution >= 4 is 50.9 Å². The molecule has 0 radical (unpaired) electrons. The largest absolute Gasteiger partial charge is 0.350 e. The molecule has 3 N–H and O–H groups in total. The molecule has 0 unspecified atom stereocenters. The Morgan fingerprint density at radius 1 is 0.781 bits per heavy atom. The van der Waals surface area contributed by atoms with E-state index in [0.29, 0.717) is 27.4 Å². The van der Waals surface area contributed by atoms with Gasteiger partial charge in [-0.25, -0.2) is 4.39 Å². The van der Waals surface area contributed by atoms with Crippen molar-refractivity contribution in [2.75, 3.05) is 18.4 Å². The summed E-state index contributed by atoms with van der Waals surface area (Å²) in [6.45, 7) is 0.443. The highest BCUT2D eigenvalue weighted by atomic mass is 79.9. The molecule has 0 aliphatic rings. The van der Waals surface area contributed by atoms with Crippen LogP contribution in [0.4, 0.5) is 10.1 Å². The maximum atomic E-state index is 13.0. The van der Waals surface area contributed by atoms with Gasteiger partial charge in [0, 0.05) is 34.4 Å². The van der Waals surface area contributed by atoms with E-state index in [9.17, 15) is 18.8 Å². The van der Waals surface area contributed by atoms with Gasteiger partial charge in [0.15, 0.2) is 0 Å². The lowest BCUT2D eigenvalue weighted by molar-refractivity contribution is 0.0927. The number of nitrogens with one attached hydrogen (secondary N) is 3. The van der Waals surface area contributed by atoms with Gasteiger partial charge >= 0.3 is 0 Å². The van der Waals surface area contributed by atoms with Gasteiger partial charge in [-0.1, -0.05) is 27.5 Å². The van der Waals surface area contributed by atoms with Gasteiger partial charge in [-0.3, -0.25) is 14.4 Å². The van der Waals surface area contributed by atoms with Crippen LogP contribution in [0.15, 0.2) is 71.2 Å². The zero-order valence-corrected chi connectivity index (χ0v) is 19.0. The van der Waals surface area contributed by atoms with Crippen molar-refractivity contribution in [1.29, 1.82) is 0 Å². The van der Waals surface area contributed by atoms with Crippen molar-refractivity contribution in [3.05, 3.63) is 98.7 Å². The SMILES string of the molecule is O=C(NCCNC(=O)c1cc(Br)ccc1Cl)c1ccc(NC(=O)c2ccc(F)cc2)cc1. The van der Waals surface area contributed by atoms with Crippen LogP contribution in [0, 0.1) is 5.82 Å². The summed E-state index contributed by atoms with van der Waals surface area (Å²) in [6.07, 6.45) is 0. The first-order valence-corrected chi connectivity index (χ1v) is 10.7. The van der Waals surface area contributed by atoms with Crippen molar-refractivity contribution in [3.8, 4) is 0 Å². The molecule has 3 amide bonds. The summed E-state index contributed by atoms with van der Waals surface area (Å²) in [4.78, 5) is 36.6. The van der Waals surface area contributed by atoms with E-state index >= 15 is 0 Å². The minimum Gasteiger partial charge on any atom is -0.350 e. The van der Waals surface area contributed by atoms with Crippen molar-refractivity contribution in [2.24, 2.45) is 0 Å². The molecule has 0 spiro atoms. The van der Waals surface area contributed by atoms with Crippen molar-refractivity contribution in [3.63, 3.8) is 0 Å². The van der Waals surface area contributed by atoms with E-state index in [1.807, 2.05) is 0 Å². The number of halogens is 3. The first-order chi connectivity index (χ1) is 15.3. The molecule has 0 saturated carbocycles. The maximum absolute atomic E-state index is 13.0. The molecule has 0 bridgehead atoms. The fraction of sp³-hybridized carbons (Fsp3) is 0.0870. The number of anilines is 1. The first-order valence-electron chi connectivity index (χ1n) is 9.52. The Bertz CT molecular complexity index is 1140. The van der Waals surface area contributed by atoms with Crippen molar-refractivity contribution < 1.29 is 18.8 Å². The molecular weight excluding hydrogens is 501 g/mol. The molecule has 6 nitrogen and oxygen atoms in total. The number of hydrogen-bond acceptors (Lipinski definition) is 3. The average Bonchev–Trinajstić information content (AvgIpc) is 2.79. The van der Waals surface area contributed by atoms with E-state index in [2.05, 4.69) is 31.9 Å². The summed E-state index contributed by atoms with van der Waals surface area (Å²) >= 11 is 9.32. The summed E-state index contributed by atoms with van der Waals surface area (Å²) in [5.41, 5.74) is 1.55. The fourth-order valence-corrected chi connectivity index (χ4v) is 3.29. The molecule has 0 saturated heterocycles. The lowest BCUT2D eigenvalue weighted by atomic mass is 10.1. The third-order valence-corrected chi connectivity index (χ3v) is 5.20. The Kier molecular flexibility index (Phi) is 7.97. The molecular formula is C23H18BrClFN3O3. The molecule has 3 aromatic rings. The number of benzene rings is 3. The first kappa shape index (κ1) is 23.4. The molecule has 3 rings (SSSR count). The Morgan fingerprint density at radius 3 is 2.00 bits per heavy atom. The second kappa shape index (κ2) is 10.9. The van der Waals surface area contributed by atoms with E-state index in [1.54, 1.807) is 42.5 Å². The monoisotopic (exact) mass is 517 g/mol. The second-order valence-corrected chi connectivity index (χ2v) is 8.00. The molecule has 0 fully saturated rings. The molecule has 0 aliphatic heterocycles. The molecule has 9 heteroatoms. The summed E-state index contributed by atoms with van der Waals surface area (Å²) in [7, 11) is 0.